The highest BCUT2D eigenvalue weighted by molar-refractivity contribution is 5.83. The van der Waals surface area contributed by atoms with Gasteiger partial charge < -0.3 is 0 Å². The van der Waals surface area contributed by atoms with Crippen molar-refractivity contribution in [3.05, 3.63) is 34.9 Å². The first kappa shape index (κ1) is 14.0. The lowest BCUT2D eigenvalue weighted by Gasteiger charge is -2.22. The third-order valence-corrected chi connectivity index (χ3v) is 3.45. The molecule has 1 aromatic rings. The van der Waals surface area contributed by atoms with Crippen molar-refractivity contribution in [1.29, 1.82) is 0 Å². The van der Waals surface area contributed by atoms with Gasteiger partial charge >= 0.3 is 0 Å². The molecule has 17 heavy (non-hydrogen) atoms. The highest BCUT2D eigenvalue weighted by Crippen LogP contribution is 2.33. The molecule has 0 radical (unpaired) electrons. The van der Waals surface area contributed by atoms with E-state index in [0.29, 0.717) is 11.8 Å². The standard InChI is InChI=1S/C16H24O/c1-10(2)14-8-7-9-15(12(5)13(6)17)16(14)11(3)4/h7-12H,1-6H3. The van der Waals surface area contributed by atoms with Gasteiger partial charge in [-0.3, -0.25) is 4.79 Å². The molecular formula is C16H24O. The van der Waals surface area contributed by atoms with Crippen molar-refractivity contribution in [3.8, 4) is 0 Å². The zero-order valence-corrected chi connectivity index (χ0v) is 11.9. The van der Waals surface area contributed by atoms with Crippen LogP contribution in [0.25, 0.3) is 0 Å². The summed E-state index contributed by atoms with van der Waals surface area (Å²) in [5.74, 6) is 1.22. The Kier molecular flexibility index (Phi) is 4.50. The summed E-state index contributed by atoms with van der Waals surface area (Å²) < 4.78 is 0. The van der Waals surface area contributed by atoms with E-state index in [-0.39, 0.29) is 11.7 Å². The molecule has 0 aliphatic rings. The second kappa shape index (κ2) is 5.48. The smallest absolute Gasteiger partial charge is 0.136 e. The molecule has 0 N–H and O–H groups in total. The summed E-state index contributed by atoms with van der Waals surface area (Å²) in [6.45, 7) is 12.5. The minimum Gasteiger partial charge on any atom is -0.299 e. The van der Waals surface area contributed by atoms with E-state index < -0.39 is 0 Å². The van der Waals surface area contributed by atoms with Gasteiger partial charge in [-0.25, -0.2) is 0 Å². The monoisotopic (exact) mass is 232 g/mol. The molecule has 1 aromatic carbocycles. The van der Waals surface area contributed by atoms with Crippen LogP contribution < -0.4 is 0 Å². The normalized spacial score (nSPS) is 13.2. The summed E-state index contributed by atoms with van der Waals surface area (Å²) in [4.78, 5) is 11.6. The van der Waals surface area contributed by atoms with Gasteiger partial charge in [0.2, 0.25) is 0 Å². The summed E-state index contributed by atoms with van der Waals surface area (Å²) in [6.07, 6.45) is 0. The van der Waals surface area contributed by atoms with Crippen LogP contribution in [-0.2, 0) is 4.79 Å². The van der Waals surface area contributed by atoms with Crippen LogP contribution in [0.1, 0.15) is 76.0 Å². The molecule has 1 atom stereocenters. The quantitative estimate of drug-likeness (QED) is 0.740. The Hall–Kier alpha value is -1.11. The van der Waals surface area contributed by atoms with E-state index in [1.165, 1.54) is 16.7 Å². The Bertz CT molecular complexity index is 402. The first-order valence-electron chi connectivity index (χ1n) is 6.49. The van der Waals surface area contributed by atoms with Crippen LogP contribution in [-0.4, -0.2) is 5.78 Å². The number of hydrogen-bond donors (Lipinski definition) is 0. The predicted octanol–water partition coefficient (Wildman–Crippen LogP) is 4.63. The van der Waals surface area contributed by atoms with Gasteiger partial charge in [-0.05, 0) is 35.4 Å². The van der Waals surface area contributed by atoms with Crippen LogP contribution in [0.15, 0.2) is 18.2 Å². The van der Waals surface area contributed by atoms with E-state index in [2.05, 4.69) is 45.9 Å². The summed E-state index contributed by atoms with van der Waals surface area (Å²) in [6, 6.07) is 6.37. The fraction of sp³-hybridized carbons (Fsp3) is 0.562. The van der Waals surface area contributed by atoms with Gasteiger partial charge in [-0.2, -0.15) is 0 Å². The first-order valence-corrected chi connectivity index (χ1v) is 6.49. The Balaban J connectivity index is 3.40. The zero-order chi connectivity index (χ0) is 13.2. The molecule has 0 bridgehead atoms. The Morgan fingerprint density at radius 3 is 1.88 bits per heavy atom. The van der Waals surface area contributed by atoms with Crippen LogP contribution in [0, 0.1) is 0 Å². The van der Waals surface area contributed by atoms with Crippen molar-refractivity contribution in [2.24, 2.45) is 0 Å². The molecule has 1 rings (SSSR count). The molecular weight excluding hydrogens is 208 g/mol. The molecule has 0 aliphatic heterocycles. The van der Waals surface area contributed by atoms with Gasteiger partial charge in [0, 0.05) is 5.92 Å². The zero-order valence-electron chi connectivity index (χ0n) is 11.9. The third-order valence-electron chi connectivity index (χ3n) is 3.45. The SMILES string of the molecule is CC(=O)C(C)c1cccc(C(C)C)c1C(C)C. The molecule has 0 saturated carbocycles. The van der Waals surface area contributed by atoms with E-state index >= 15 is 0 Å². The summed E-state index contributed by atoms with van der Waals surface area (Å²) in [5, 5.41) is 0. The number of benzene rings is 1. The minimum absolute atomic E-state index is 0.00565. The van der Waals surface area contributed by atoms with Crippen molar-refractivity contribution < 1.29 is 4.79 Å². The largest absolute Gasteiger partial charge is 0.299 e. The first-order chi connectivity index (χ1) is 7.86. The lowest BCUT2D eigenvalue weighted by molar-refractivity contribution is -0.118. The maximum Gasteiger partial charge on any atom is 0.136 e. The second-order valence-electron chi connectivity index (χ2n) is 5.49. The Morgan fingerprint density at radius 1 is 0.941 bits per heavy atom. The molecule has 1 nitrogen and oxygen atoms in total. The van der Waals surface area contributed by atoms with Crippen LogP contribution >= 0.6 is 0 Å². The van der Waals surface area contributed by atoms with Crippen LogP contribution in [0.2, 0.25) is 0 Å². The molecule has 0 saturated heterocycles. The summed E-state index contributed by atoms with van der Waals surface area (Å²) in [5.41, 5.74) is 3.95. The summed E-state index contributed by atoms with van der Waals surface area (Å²) in [7, 11) is 0. The number of ketones is 1. The van der Waals surface area contributed by atoms with Crippen LogP contribution in [0.3, 0.4) is 0 Å². The Morgan fingerprint density at radius 2 is 1.47 bits per heavy atom. The predicted molar refractivity (Wildman–Crippen MR) is 73.7 cm³/mol. The molecule has 0 heterocycles. The van der Waals surface area contributed by atoms with Gasteiger partial charge in [0.25, 0.3) is 0 Å². The average molecular weight is 232 g/mol. The van der Waals surface area contributed by atoms with Crippen LogP contribution in [0.4, 0.5) is 0 Å². The molecule has 0 fully saturated rings. The topological polar surface area (TPSA) is 17.1 Å². The van der Waals surface area contributed by atoms with Crippen LogP contribution in [0.5, 0.6) is 0 Å². The second-order valence-corrected chi connectivity index (χ2v) is 5.49. The number of carbonyl (C=O) groups is 1. The van der Waals surface area contributed by atoms with E-state index in [4.69, 9.17) is 0 Å². The van der Waals surface area contributed by atoms with E-state index in [9.17, 15) is 4.79 Å². The number of rotatable bonds is 4. The van der Waals surface area contributed by atoms with E-state index in [0.717, 1.165) is 0 Å². The number of carbonyl (C=O) groups excluding carboxylic acids is 1. The molecule has 1 unspecified atom stereocenters. The highest BCUT2D eigenvalue weighted by atomic mass is 16.1. The van der Waals surface area contributed by atoms with E-state index in [1.54, 1.807) is 6.92 Å². The van der Waals surface area contributed by atoms with Crippen molar-refractivity contribution >= 4 is 5.78 Å². The molecule has 0 aromatic heterocycles. The molecule has 1 heteroatoms. The lowest BCUT2D eigenvalue weighted by atomic mass is 9.82. The van der Waals surface area contributed by atoms with E-state index in [1.807, 2.05) is 6.92 Å². The van der Waals surface area contributed by atoms with Gasteiger partial charge in [-0.15, -0.1) is 0 Å². The van der Waals surface area contributed by atoms with Crippen molar-refractivity contribution in [3.63, 3.8) is 0 Å². The van der Waals surface area contributed by atoms with Gasteiger partial charge in [-0.1, -0.05) is 52.8 Å². The minimum atomic E-state index is 0.00565. The van der Waals surface area contributed by atoms with Gasteiger partial charge in [0.05, 0.1) is 0 Å². The van der Waals surface area contributed by atoms with Crippen molar-refractivity contribution in [1.82, 2.24) is 0 Å². The van der Waals surface area contributed by atoms with Gasteiger partial charge in [0.15, 0.2) is 0 Å². The van der Waals surface area contributed by atoms with Crippen molar-refractivity contribution in [2.75, 3.05) is 0 Å². The maximum absolute atomic E-state index is 11.6. The molecule has 0 spiro atoms. The molecule has 0 aliphatic carbocycles. The lowest BCUT2D eigenvalue weighted by Crippen LogP contribution is -2.11. The number of hydrogen-bond acceptors (Lipinski definition) is 1. The molecule has 94 valence electrons. The van der Waals surface area contributed by atoms with Gasteiger partial charge in [0.1, 0.15) is 5.78 Å². The number of Topliss-reactive ketones (excluding diaryl/α,β-unsaturated/α-hetero) is 1. The maximum atomic E-state index is 11.6. The molecule has 0 amide bonds. The van der Waals surface area contributed by atoms with Crippen molar-refractivity contribution in [2.45, 2.75) is 59.3 Å². The average Bonchev–Trinajstić information content (AvgIpc) is 2.26. The fourth-order valence-electron chi connectivity index (χ4n) is 2.37. The summed E-state index contributed by atoms with van der Waals surface area (Å²) >= 11 is 0. The fourth-order valence-corrected chi connectivity index (χ4v) is 2.37. The highest BCUT2D eigenvalue weighted by Gasteiger charge is 2.20. The third kappa shape index (κ3) is 2.96. The Labute approximate surface area is 105 Å².